The Labute approximate surface area is 89.8 Å². The number of phenols is 1. The molecule has 1 N–H and O–H groups in total. The van der Waals surface area contributed by atoms with Crippen LogP contribution in [0.1, 0.15) is 11.3 Å². The van der Waals surface area contributed by atoms with Crippen LogP contribution >= 0.6 is 0 Å². The van der Waals surface area contributed by atoms with E-state index in [4.69, 9.17) is 0 Å². The first-order valence-electron chi connectivity index (χ1n) is 5.14. The molecule has 78 valence electrons. The third-order valence-corrected chi connectivity index (χ3v) is 2.69. The summed E-state index contributed by atoms with van der Waals surface area (Å²) in [6, 6.07) is 11.7. The fourth-order valence-corrected chi connectivity index (χ4v) is 1.74. The van der Waals surface area contributed by atoms with Crippen molar-refractivity contribution in [2.45, 2.75) is 12.8 Å². The quantitative estimate of drug-likeness (QED) is 0.811. The van der Waals surface area contributed by atoms with Gasteiger partial charge in [-0.05, 0) is 36.6 Å². The smallest absolute Gasteiger partial charge is 0.118 e. The minimum Gasteiger partial charge on any atom is -0.508 e. The van der Waals surface area contributed by atoms with Crippen LogP contribution in [0.2, 0.25) is 0 Å². The van der Waals surface area contributed by atoms with Crippen LogP contribution in [0.5, 0.6) is 5.75 Å². The molecule has 1 aromatic carbocycles. The summed E-state index contributed by atoms with van der Waals surface area (Å²) in [6.45, 7) is 0. The fourth-order valence-electron chi connectivity index (χ4n) is 1.74. The third kappa shape index (κ3) is 2.21. The molecule has 0 bridgehead atoms. The summed E-state index contributed by atoms with van der Waals surface area (Å²) >= 11 is 0. The lowest BCUT2D eigenvalue weighted by Crippen LogP contribution is -1.97. The Morgan fingerprint density at radius 3 is 2.53 bits per heavy atom. The zero-order valence-corrected chi connectivity index (χ0v) is 8.85. The Balaban J connectivity index is 2.06. The summed E-state index contributed by atoms with van der Waals surface area (Å²) in [6.07, 6.45) is 3.88. The van der Waals surface area contributed by atoms with E-state index in [1.807, 2.05) is 37.5 Å². The molecule has 0 aliphatic rings. The molecule has 0 unspecified atom stereocenters. The lowest BCUT2D eigenvalue weighted by atomic mass is 10.1. The van der Waals surface area contributed by atoms with Gasteiger partial charge >= 0.3 is 0 Å². The predicted molar refractivity (Wildman–Crippen MR) is 60.9 cm³/mol. The van der Waals surface area contributed by atoms with E-state index in [2.05, 4.69) is 10.6 Å². The SMILES string of the molecule is Cn1cccc1CCc1ccccc1O. The summed E-state index contributed by atoms with van der Waals surface area (Å²) in [5, 5.41) is 9.60. The van der Waals surface area contributed by atoms with Crippen LogP contribution < -0.4 is 0 Å². The van der Waals surface area contributed by atoms with Crippen molar-refractivity contribution in [3.8, 4) is 5.75 Å². The number of rotatable bonds is 3. The monoisotopic (exact) mass is 201 g/mol. The van der Waals surface area contributed by atoms with E-state index in [0.29, 0.717) is 5.75 Å². The summed E-state index contributed by atoms with van der Waals surface area (Å²) in [7, 11) is 2.04. The lowest BCUT2D eigenvalue weighted by molar-refractivity contribution is 0.467. The first kappa shape index (κ1) is 9.84. The molecule has 0 saturated carbocycles. The number of nitrogens with zero attached hydrogens (tertiary/aromatic N) is 1. The van der Waals surface area contributed by atoms with Gasteiger partial charge in [0.15, 0.2) is 0 Å². The van der Waals surface area contributed by atoms with Gasteiger partial charge in [-0.2, -0.15) is 0 Å². The molecule has 0 aliphatic carbocycles. The normalized spacial score (nSPS) is 10.5. The van der Waals surface area contributed by atoms with Gasteiger partial charge in [-0.1, -0.05) is 18.2 Å². The van der Waals surface area contributed by atoms with E-state index < -0.39 is 0 Å². The van der Waals surface area contributed by atoms with Crippen LogP contribution in [0.25, 0.3) is 0 Å². The summed E-state index contributed by atoms with van der Waals surface area (Å²) in [4.78, 5) is 0. The van der Waals surface area contributed by atoms with Crippen LogP contribution in [0, 0.1) is 0 Å². The van der Waals surface area contributed by atoms with Gasteiger partial charge in [0.25, 0.3) is 0 Å². The van der Waals surface area contributed by atoms with Gasteiger partial charge in [0.2, 0.25) is 0 Å². The molecular formula is C13H15NO. The van der Waals surface area contributed by atoms with Crippen LogP contribution in [0.4, 0.5) is 0 Å². The Kier molecular flexibility index (Phi) is 2.77. The van der Waals surface area contributed by atoms with Gasteiger partial charge in [-0.3, -0.25) is 0 Å². The van der Waals surface area contributed by atoms with Gasteiger partial charge < -0.3 is 9.67 Å². The first-order valence-corrected chi connectivity index (χ1v) is 5.14. The van der Waals surface area contributed by atoms with Crippen LogP contribution in [-0.4, -0.2) is 9.67 Å². The van der Waals surface area contributed by atoms with Gasteiger partial charge in [-0.25, -0.2) is 0 Å². The highest BCUT2D eigenvalue weighted by Crippen LogP contribution is 2.17. The van der Waals surface area contributed by atoms with E-state index in [9.17, 15) is 5.11 Å². The van der Waals surface area contributed by atoms with E-state index in [-0.39, 0.29) is 0 Å². The van der Waals surface area contributed by atoms with Crippen molar-refractivity contribution in [3.05, 3.63) is 53.9 Å². The van der Waals surface area contributed by atoms with Crippen molar-refractivity contribution in [2.75, 3.05) is 0 Å². The zero-order chi connectivity index (χ0) is 10.7. The van der Waals surface area contributed by atoms with Crippen molar-refractivity contribution in [3.63, 3.8) is 0 Å². The van der Waals surface area contributed by atoms with Gasteiger partial charge in [-0.15, -0.1) is 0 Å². The number of hydrogen-bond donors (Lipinski definition) is 1. The van der Waals surface area contributed by atoms with Crippen molar-refractivity contribution in [2.24, 2.45) is 7.05 Å². The van der Waals surface area contributed by atoms with Crippen molar-refractivity contribution in [1.82, 2.24) is 4.57 Å². The average Bonchev–Trinajstić information content (AvgIpc) is 2.63. The van der Waals surface area contributed by atoms with Crippen molar-refractivity contribution >= 4 is 0 Å². The number of phenolic OH excluding ortho intramolecular Hbond substituents is 1. The van der Waals surface area contributed by atoms with E-state index in [0.717, 1.165) is 18.4 Å². The second kappa shape index (κ2) is 4.22. The Morgan fingerprint density at radius 1 is 1.07 bits per heavy atom. The van der Waals surface area contributed by atoms with Gasteiger partial charge in [0.05, 0.1) is 0 Å². The topological polar surface area (TPSA) is 25.2 Å². The summed E-state index contributed by atoms with van der Waals surface area (Å²) in [5.41, 5.74) is 2.30. The van der Waals surface area contributed by atoms with Gasteiger partial charge in [0.1, 0.15) is 5.75 Å². The first-order chi connectivity index (χ1) is 7.27. The molecule has 0 aliphatic heterocycles. The molecule has 2 nitrogen and oxygen atoms in total. The molecule has 2 aromatic rings. The summed E-state index contributed by atoms with van der Waals surface area (Å²) in [5.74, 6) is 0.395. The Morgan fingerprint density at radius 2 is 1.87 bits per heavy atom. The molecule has 0 atom stereocenters. The maximum absolute atomic E-state index is 9.60. The van der Waals surface area contributed by atoms with Crippen LogP contribution in [0.3, 0.4) is 0 Å². The molecule has 0 saturated heterocycles. The second-order valence-electron chi connectivity index (χ2n) is 3.74. The Bertz CT molecular complexity index is 445. The Hall–Kier alpha value is -1.70. The second-order valence-corrected chi connectivity index (χ2v) is 3.74. The zero-order valence-electron chi connectivity index (χ0n) is 8.85. The fraction of sp³-hybridized carbons (Fsp3) is 0.231. The maximum Gasteiger partial charge on any atom is 0.118 e. The molecule has 1 aromatic heterocycles. The van der Waals surface area contributed by atoms with E-state index in [1.54, 1.807) is 6.07 Å². The lowest BCUT2D eigenvalue weighted by Gasteiger charge is -2.05. The third-order valence-electron chi connectivity index (χ3n) is 2.69. The highest BCUT2D eigenvalue weighted by Gasteiger charge is 2.01. The molecule has 2 rings (SSSR count). The molecule has 0 spiro atoms. The highest BCUT2D eigenvalue weighted by atomic mass is 16.3. The highest BCUT2D eigenvalue weighted by molar-refractivity contribution is 5.32. The standard InChI is InChI=1S/C13H15NO/c1-14-10-4-6-12(14)9-8-11-5-2-3-7-13(11)15/h2-7,10,15H,8-9H2,1H3. The summed E-state index contributed by atoms with van der Waals surface area (Å²) < 4.78 is 2.11. The van der Waals surface area contributed by atoms with Crippen molar-refractivity contribution < 1.29 is 5.11 Å². The molecule has 15 heavy (non-hydrogen) atoms. The average molecular weight is 201 g/mol. The van der Waals surface area contributed by atoms with E-state index >= 15 is 0 Å². The molecule has 0 fully saturated rings. The number of aromatic hydroxyl groups is 1. The molecule has 0 radical (unpaired) electrons. The predicted octanol–water partition coefficient (Wildman–Crippen LogP) is 2.52. The minimum atomic E-state index is 0.395. The largest absolute Gasteiger partial charge is 0.508 e. The molecule has 1 heterocycles. The number of aryl methyl sites for hydroxylation is 3. The van der Waals surface area contributed by atoms with Crippen LogP contribution in [0.15, 0.2) is 42.6 Å². The van der Waals surface area contributed by atoms with Gasteiger partial charge in [0, 0.05) is 18.9 Å². The van der Waals surface area contributed by atoms with Crippen LogP contribution in [-0.2, 0) is 19.9 Å². The molecule has 0 amide bonds. The minimum absolute atomic E-state index is 0.395. The number of para-hydroxylation sites is 1. The van der Waals surface area contributed by atoms with E-state index in [1.165, 1.54) is 5.69 Å². The molecule has 2 heteroatoms. The van der Waals surface area contributed by atoms with Crippen molar-refractivity contribution in [1.29, 1.82) is 0 Å². The number of aromatic nitrogens is 1. The number of benzene rings is 1. The maximum atomic E-state index is 9.60. The number of hydrogen-bond acceptors (Lipinski definition) is 1. The molecular weight excluding hydrogens is 186 g/mol.